The van der Waals surface area contributed by atoms with Gasteiger partial charge < -0.3 is 11.1 Å². The summed E-state index contributed by atoms with van der Waals surface area (Å²) in [5.41, 5.74) is 9.90. The summed E-state index contributed by atoms with van der Waals surface area (Å²) >= 11 is 0. The fraction of sp³-hybridized carbons (Fsp3) is 0.333. The zero-order valence-electron chi connectivity index (χ0n) is 18.1. The number of hydrogen-bond donors (Lipinski definition) is 4. The van der Waals surface area contributed by atoms with Crippen molar-refractivity contribution in [2.24, 2.45) is 5.73 Å². The third-order valence-corrected chi connectivity index (χ3v) is 5.31. The van der Waals surface area contributed by atoms with Crippen LogP contribution in [0.25, 0.3) is 0 Å². The Hall–Kier alpha value is -3.32. The van der Waals surface area contributed by atoms with Crippen molar-refractivity contribution in [1.29, 1.82) is 0 Å². The monoisotopic (exact) mass is 456 g/mol. The van der Waals surface area contributed by atoms with Crippen molar-refractivity contribution >= 4 is 11.8 Å². The van der Waals surface area contributed by atoms with Gasteiger partial charge in [0.2, 0.25) is 0 Å². The van der Waals surface area contributed by atoms with E-state index in [1.165, 1.54) is 12.4 Å². The van der Waals surface area contributed by atoms with Gasteiger partial charge >= 0.3 is 0 Å². The Morgan fingerprint density at radius 3 is 2.18 bits per heavy atom. The van der Waals surface area contributed by atoms with Gasteiger partial charge in [-0.3, -0.25) is 19.7 Å². The second kappa shape index (κ2) is 10.5. The van der Waals surface area contributed by atoms with Crippen LogP contribution in [0.15, 0.2) is 48.5 Å². The molecule has 1 fully saturated rings. The van der Waals surface area contributed by atoms with Crippen molar-refractivity contribution in [3.05, 3.63) is 70.8 Å². The molecule has 5 N–H and O–H groups in total. The first-order chi connectivity index (χ1) is 15.7. The molecule has 2 aromatic carbocycles. The van der Waals surface area contributed by atoms with Crippen molar-refractivity contribution in [3.8, 4) is 11.8 Å². The highest BCUT2D eigenvalue weighted by Gasteiger charge is 2.37. The molecular formula is C24H26F2N4O3. The highest BCUT2D eigenvalue weighted by molar-refractivity contribution is 5.97. The van der Waals surface area contributed by atoms with Crippen molar-refractivity contribution < 1.29 is 23.6 Å². The molecule has 1 saturated heterocycles. The molecule has 2 unspecified atom stereocenters. The third kappa shape index (κ3) is 6.83. The standard InChI is InChI=1S/C24H26F2N4O3/c1-16(27)21(23(32)29-33)28-22(31)20-10-8-18(9-11-20)3-2-17-4-6-19(7-5-17)14-30-13-12-24(25,26)15-30/h4-11,16,21,33H,12-15,27H2,1H3,(H,28,31)(H,29,32). The van der Waals surface area contributed by atoms with Crippen molar-refractivity contribution in [3.63, 3.8) is 0 Å². The minimum Gasteiger partial charge on any atom is -0.339 e. The van der Waals surface area contributed by atoms with Crippen LogP contribution in [0, 0.1) is 11.8 Å². The quantitative estimate of drug-likeness (QED) is 0.302. The average Bonchev–Trinajstić information content (AvgIpc) is 3.14. The molecule has 0 spiro atoms. The summed E-state index contributed by atoms with van der Waals surface area (Å²) in [4.78, 5) is 25.7. The molecule has 9 heteroatoms. The van der Waals surface area contributed by atoms with Crippen LogP contribution in [0.2, 0.25) is 0 Å². The first-order valence-corrected chi connectivity index (χ1v) is 10.5. The molecule has 0 aliphatic carbocycles. The van der Waals surface area contributed by atoms with Crippen LogP contribution in [0.3, 0.4) is 0 Å². The van der Waals surface area contributed by atoms with Gasteiger partial charge in [0.25, 0.3) is 17.7 Å². The zero-order chi connectivity index (χ0) is 24.0. The van der Waals surface area contributed by atoms with Crippen LogP contribution >= 0.6 is 0 Å². The van der Waals surface area contributed by atoms with Crippen molar-refractivity contribution in [2.45, 2.75) is 37.9 Å². The number of nitrogens with zero attached hydrogens (tertiary/aromatic N) is 1. The molecule has 1 aliphatic rings. The van der Waals surface area contributed by atoms with Gasteiger partial charge in [-0.1, -0.05) is 24.0 Å². The number of rotatable bonds is 6. The Kier molecular flexibility index (Phi) is 7.76. The lowest BCUT2D eigenvalue weighted by Crippen LogP contribution is -2.54. The lowest BCUT2D eigenvalue weighted by atomic mass is 10.1. The molecule has 3 rings (SSSR count). The Labute approximate surface area is 190 Å². The summed E-state index contributed by atoms with van der Waals surface area (Å²) in [6.07, 6.45) is -0.0955. The molecule has 2 atom stereocenters. The first kappa shape index (κ1) is 24.3. The number of nitrogens with one attached hydrogen (secondary N) is 2. The SMILES string of the molecule is CC(N)C(NC(=O)c1ccc(C#Cc2ccc(CN3CCC(F)(F)C3)cc2)cc1)C(=O)NO. The molecule has 0 aromatic heterocycles. The van der Waals surface area contributed by atoms with Gasteiger partial charge in [0.15, 0.2) is 0 Å². The topological polar surface area (TPSA) is 108 Å². The van der Waals surface area contributed by atoms with Crippen LogP contribution in [-0.2, 0) is 11.3 Å². The number of amides is 2. The third-order valence-electron chi connectivity index (χ3n) is 5.31. The lowest BCUT2D eigenvalue weighted by Gasteiger charge is -2.20. The number of alkyl halides is 2. The van der Waals surface area contributed by atoms with E-state index in [2.05, 4.69) is 17.2 Å². The summed E-state index contributed by atoms with van der Waals surface area (Å²) < 4.78 is 26.6. The predicted molar refractivity (Wildman–Crippen MR) is 119 cm³/mol. The van der Waals surface area contributed by atoms with Crippen LogP contribution in [0.1, 0.15) is 40.4 Å². The van der Waals surface area contributed by atoms with Crippen LogP contribution in [-0.4, -0.2) is 53.0 Å². The van der Waals surface area contributed by atoms with E-state index in [1.54, 1.807) is 29.2 Å². The Balaban J connectivity index is 1.58. The van der Waals surface area contributed by atoms with Gasteiger partial charge in [0, 0.05) is 42.2 Å². The first-order valence-electron chi connectivity index (χ1n) is 10.5. The number of halogens is 2. The van der Waals surface area contributed by atoms with E-state index in [0.717, 1.165) is 11.1 Å². The molecule has 0 bridgehead atoms. The molecular weight excluding hydrogens is 430 g/mol. The highest BCUT2D eigenvalue weighted by Crippen LogP contribution is 2.27. The van der Waals surface area contributed by atoms with Gasteiger partial charge in [-0.25, -0.2) is 14.3 Å². The number of carbonyl (C=O) groups is 2. The highest BCUT2D eigenvalue weighted by atomic mass is 19.3. The largest absolute Gasteiger partial charge is 0.339 e. The molecule has 1 aliphatic heterocycles. The number of hydrogen-bond acceptors (Lipinski definition) is 5. The van der Waals surface area contributed by atoms with Crippen LogP contribution < -0.4 is 16.5 Å². The van der Waals surface area contributed by atoms with Crippen molar-refractivity contribution in [2.75, 3.05) is 13.1 Å². The van der Waals surface area contributed by atoms with Crippen LogP contribution in [0.5, 0.6) is 0 Å². The van der Waals surface area contributed by atoms with E-state index in [4.69, 9.17) is 10.9 Å². The zero-order valence-corrected chi connectivity index (χ0v) is 18.1. The molecule has 7 nitrogen and oxygen atoms in total. The molecule has 1 heterocycles. The summed E-state index contributed by atoms with van der Waals surface area (Å²) in [7, 11) is 0. The molecule has 2 aromatic rings. The predicted octanol–water partition coefficient (Wildman–Crippen LogP) is 1.88. The number of hydroxylamine groups is 1. The van der Waals surface area contributed by atoms with E-state index in [9.17, 15) is 18.4 Å². The summed E-state index contributed by atoms with van der Waals surface area (Å²) in [5, 5.41) is 11.3. The molecule has 0 radical (unpaired) electrons. The Morgan fingerprint density at radius 2 is 1.70 bits per heavy atom. The maximum absolute atomic E-state index is 13.3. The normalized spacial score (nSPS) is 16.9. The van der Waals surface area contributed by atoms with Gasteiger partial charge in [0.05, 0.1) is 6.54 Å². The average molecular weight is 456 g/mol. The van der Waals surface area contributed by atoms with Gasteiger partial charge in [-0.2, -0.15) is 0 Å². The fourth-order valence-corrected chi connectivity index (χ4v) is 3.47. The smallest absolute Gasteiger partial charge is 0.267 e. The Morgan fingerprint density at radius 1 is 1.12 bits per heavy atom. The van der Waals surface area contributed by atoms with E-state index in [1.807, 2.05) is 24.3 Å². The summed E-state index contributed by atoms with van der Waals surface area (Å²) in [5.74, 6) is 2.13. The Bertz CT molecular complexity index is 1040. The van der Waals surface area contributed by atoms with Crippen LogP contribution in [0.4, 0.5) is 8.78 Å². The molecule has 174 valence electrons. The molecule has 33 heavy (non-hydrogen) atoms. The summed E-state index contributed by atoms with van der Waals surface area (Å²) in [6, 6.07) is 12.2. The maximum Gasteiger partial charge on any atom is 0.267 e. The minimum absolute atomic E-state index is 0.0955. The summed E-state index contributed by atoms with van der Waals surface area (Å²) in [6.45, 7) is 2.21. The van der Waals surface area contributed by atoms with Gasteiger partial charge in [-0.15, -0.1) is 0 Å². The number of likely N-dealkylation sites (tertiary alicyclic amines) is 1. The lowest BCUT2D eigenvalue weighted by molar-refractivity contribution is -0.131. The molecule has 2 amide bonds. The van der Waals surface area contributed by atoms with E-state index >= 15 is 0 Å². The maximum atomic E-state index is 13.3. The number of carbonyl (C=O) groups excluding carboxylic acids is 2. The second-order valence-corrected chi connectivity index (χ2v) is 8.13. The van der Waals surface area contributed by atoms with Crippen molar-refractivity contribution in [1.82, 2.24) is 15.7 Å². The number of benzene rings is 2. The van der Waals surface area contributed by atoms with E-state index < -0.39 is 29.8 Å². The fourth-order valence-electron chi connectivity index (χ4n) is 3.47. The number of nitrogens with two attached hydrogens (primary N) is 1. The van der Waals surface area contributed by atoms with Gasteiger partial charge in [-0.05, 0) is 48.9 Å². The van der Waals surface area contributed by atoms with E-state index in [-0.39, 0.29) is 13.0 Å². The molecule has 0 saturated carbocycles. The van der Waals surface area contributed by atoms with E-state index in [0.29, 0.717) is 24.2 Å². The van der Waals surface area contributed by atoms with Gasteiger partial charge in [0.1, 0.15) is 6.04 Å². The minimum atomic E-state index is -2.60. The second-order valence-electron chi connectivity index (χ2n) is 8.13.